The van der Waals surface area contributed by atoms with Crippen molar-refractivity contribution in [2.24, 2.45) is 0 Å². The molecule has 1 N–H and O–H groups in total. The number of ether oxygens (including phenoxy) is 1. The zero-order chi connectivity index (χ0) is 27.0. The Bertz CT molecular complexity index is 1280. The number of carboxylic acids is 1. The molecule has 0 aromatic carbocycles. The predicted octanol–water partition coefficient (Wildman–Crippen LogP) is 3.32. The highest BCUT2D eigenvalue weighted by Crippen LogP contribution is 2.47. The molecule has 1 spiro atoms. The number of hydrogen-bond donors (Lipinski definition) is 1. The van der Waals surface area contributed by atoms with Crippen LogP contribution in [0, 0.1) is 13.8 Å². The van der Waals surface area contributed by atoms with Crippen LogP contribution in [0.15, 0.2) is 41.2 Å². The highest BCUT2D eigenvalue weighted by molar-refractivity contribution is 5.96. The van der Waals surface area contributed by atoms with E-state index in [1.807, 2.05) is 30.2 Å². The Morgan fingerprint density at radius 2 is 1.97 bits per heavy atom. The Labute approximate surface area is 210 Å². The second-order valence-electron chi connectivity index (χ2n) is 8.76. The van der Waals surface area contributed by atoms with Crippen LogP contribution in [0.5, 0.6) is 0 Å². The molecule has 2 aliphatic heterocycles. The second kappa shape index (κ2) is 9.88. The van der Waals surface area contributed by atoms with Gasteiger partial charge in [0.2, 0.25) is 0 Å². The maximum atomic E-state index is 13.4. The Morgan fingerprint density at radius 3 is 2.59 bits per heavy atom. The number of anilines is 1. The van der Waals surface area contributed by atoms with Gasteiger partial charge in [0.25, 0.3) is 5.91 Å². The summed E-state index contributed by atoms with van der Waals surface area (Å²) < 4.78 is 44.6. The first-order valence-corrected chi connectivity index (χ1v) is 11.4. The molecule has 13 heteroatoms. The average molecular weight is 521 g/mol. The van der Waals surface area contributed by atoms with Gasteiger partial charge < -0.3 is 28.7 Å². The van der Waals surface area contributed by atoms with Gasteiger partial charge in [0.05, 0.1) is 23.7 Å². The standard InChI is InChI=1S/C22H25N5O3.C2HF3O2/c1-15-19(16(2)30-24-15)21(28)25-11-8-22(14-25)18-7-5-10-26(18)20-17(6-4-9-23-20)27(22)12-13-29-3;3-2(4,5)1(6)7/h4-7,9-10H,8,11-14H2,1-3H3;(H,6,7). The first kappa shape index (κ1) is 26.2. The molecule has 0 aliphatic carbocycles. The molecule has 37 heavy (non-hydrogen) atoms. The van der Waals surface area contributed by atoms with E-state index in [-0.39, 0.29) is 11.4 Å². The summed E-state index contributed by atoms with van der Waals surface area (Å²) in [5.41, 5.74) is 3.08. The molecule has 1 atom stereocenters. The number of likely N-dealkylation sites (tertiary alicyclic amines) is 1. The van der Waals surface area contributed by atoms with Gasteiger partial charge in [-0.3, -0.25) is 4.79 Å². The summed E-state index contributed by atoms with van der Waals surface area (Å²) in [5.74, 6) is -1.30. The summed E-state index contributed by atoms with van der Waals surface area (Å²) in [4.78, 5) is 31.2. The summed E-state index contributed by atoms with van der Waals surface area (Å²) in [7, 11) is 1.71. The van der Waals surface area contributed by atoms with Crippen LogP contribution in [0.3, 0.4) is 0 Å². The third-order valence-corrected chi connectivity index (χ3v) is 6.57. The van der Waals surface area contributed by atoms with E-state index >= 15 is 0 Å². The minimum atomic E-state index is -5.08. The normalized spacial score (nSPS) is 18.3. The van der Waals surface area contributed by atoms with E-state index in [0.29, 0.717) is 43.3 Å². The number of halogens is 3. The largest absolute Gasteiger partial charge is 0.490 e. The summed E-state index contributed by atoms with van der Waals surface area (Å²) in [6.45, 7) is 6.15. The van der Waals surface area contributed by atoms with Crippen molar-refractivity contribution in [3.63, 3.8) is 0 Å². The van der Waals surface area contributed by atoms with E-state index in [1.54, 1.807) is 14.0 Å². The predicted molar refractivity (Wildman–Crippen MR) is 125 cm³/mol. The smallest absolute Gasteiger partial charge is 0.475 e. The van der Waals surface area contributed by atoms with Gasteiger partial charge in [0.15, 0.2) is 5.82 Å². The van der Waals surface area contributed by atoms with Gasteiger partial charge in [-0.25, -0.2) is 9.78 Å². The Hall–Kier alpha value is -3.87. The number of methoxy groups -OCH3 is 1. The van der Waals surface area contributed by atoms with Crippen molar-refractivity contribution in [1.82, 2.24) is 19.6 Å². The Balaban J connectivity index is 0.000000405. The Kier molecular flexibility index (Phi) is 7.00. The number of alkyl halides is 3. The molecule has 1 fully saturated rings. The number of amides is 1. The zero-order valence-corrected chi connectivity index (χ0v) is 20.4. The van der Waals surface area contributed by atoms with Crippen molar-refractivity contribution in [1.29, 1.82) is 0 Å². The number of nitrogens with zero attached hydrogens (tertiary/aromatic N) is 5. The molecular formula is C24H26F3N5O5. The SMILES string of the molecule is COCCN1c2cccnc2-n2cccc2C12CCN(C(=O)c1c(C)noc1C)C2.O=C(O)C(F)(F)F. The van der Waals surface area contributed by atoms with Crippen molar-refractivity contribution in [2.45, 2.75) is 32.0 Å². The molecule has 1 amide bonds. The van der Waals surface area contributed by atoms with E-state index in [1.165, 1.54) is 0 Å². The quantitative estimate of drug-likeness (QED) is 0.556. The molecule has 10 nitrogen and oxygen atoms in total. The maximum Gasteiger partial charge on any atom is 0.490 e. The first-order valence-electron chi connectivity index (χ1n) is 11.4. The van der Waals surface area contributed by atoms with Crippen LogP contribution < -0.4 is 4.90 Å². The molecule has 198 valence electrons. The minimum Gasteiger partial charge on any atom is -0.475 e. The van der Waals surface area contributed by atoms with Gasteiger partial charge in [0, 0.05) is 39.1 Å². The van der Waals surface area contributed by atoms with E-state index in [0.717, 1.165) is 23.6 Å². The number of carbonyl (C=O) groups is 2. The van der Waals surface area contributed by atoms with Gasteiger partial charge in [-0.1, -0.05) is 5.16 Å². The first-order chi connectivity index (χ1) is 17.5. The van der Waals surface area contributed by atoms with E-state index in [4.69, 9.17) is 19.2 Å². The fraction of sp³-hybridized carbons (Fsp3) is 0.417. The van der Waals surface area contributed by atoms with Gasteiger partial charge in [-0.15, -0.1) is 0 Å². The van der Waals surface area contributed by atoms with Crippen LogP contribution >= 0.6 is 0 Å². The van der Waals surface area contributed by atoms with Crippen molar-refractivity contribution >= 4 is 17.6 Å². The highest BCUT2D eigenvalue weighted by Gasteiger charge is 2.51. The monoisotopic (exact) mass is 521 g/mol. The average Bonchev–Trinajstić information content (AvgIpc) is 3.58. The van der Waals surface area contributed by atoms with Crippen LogP contribution in [0.25, 0.3) is 5.82 Å². The molecule has 1 saturated heterocycles. The summed E-state index contributed by atoms with van der Waals surface area (Å²) in [6, 6.07) is 8.25. The number of fused-ring (bicyclic) bond motifs is 4. The summed E-state index contributed by atoms with van der Waals surface area (Å²) in [6.07, 6.45) is -0.392. The lowest BCUT2D eigenvalue weighted by molar-refractivity contribution is -0.192. The molecule has 3 aromatic heterocycles. The molecular weight excluding hydrogens is 495 g/mol. The maximum absolute atomic E-state index is 13.4. The number of carbonyl (C=O) groups excluding carboxylic acids is 1. The van der Waals surface area contributed by atoms with Gasteiger partial charge >= 0.3 is 12.1 Å². The number of aromatic nitrogens is 3. The third kappa shape index (κ3) is 4.66. The van der Waals surface area contributed by atoms with Crippen LogP contribution in [-0.2, 0) is 15.1 Å². The van der Waals surface area contributed by atoms with Crippen molar-refractivity contribution in [2.75, 3.05) is 38.3 Å². The summed E-state index contributed by atoms with van der Waals surface area (Å²) >= 11 is 0. The number of carboxylic acid groups (broad SMARTS) is 1. The number of pyridine rings is 1. The molecule has 1 unspecified atom stereocenters. The van der Waals surface area contributed by atoms with Crippen LogP contribution in [0.4, 0.5) is 18.9 Å². The highest BCUT2D eigenvalue weighted by atomic mass is 19.4. The lowest BCUT2D eigenvalue weighted by Crippen LogP contribution is -2.53. The number of hydrogen-bond acceptors (Lipinski definition) is 7. The lowest BCUT2D eigenvalue weighted by Gasteiger charge is -2.47. The lowest BCUT2D eigenvalue weighted by atomic mass is 9.89. The van der Waals surface area contributed by atoms with Crippen molar-refractivity contribution in [3.8, 4) is 5.82 Å². The van der Waals surface area contributed by atoms with Crippen LogP contribution in [-0.4, -0.2) is 76.1 Å². The molecule has 0 bridgehead atoms. The molecule has 2 aliphatic rings. The van der Waals surface area contributed by atoms with Crippen LogP contribution in [0.1, 0.15) is 33.9 Å². The molecule has 3 aromatic rings. The zero-order valence-electron chi connectivity index (χ0n) is 20.4. The molecule has 5 rings (SSSR count). The molecule has 0 radical (unpaired) electrons. The minimum absolute atomic E-state index is 0.0232. The summed E-state index contributed by atoms with van der Waals surface area (Å²) in [5, 5.41) is 11.1. The second-order valence-corrected chi connectivity index (χ2v) is 8.76. The third-order valence-electron chi connectivity index (χ3n) is 6.57. The van der Waals surface area contributed by atoms with Crippen molar-refractivity contribution < 1.29 is 37.1 Å². The van der Waals surface area contributed by atoms with E-state index < -0.39 is 12.1 Å². The van der Waals surface area contributed by atoms with E-state index in [2.05, 4.69) is 37.9 Å². The number of rotatable bonds is 4. The fourth-order valence-corrected chi connectivity index (χ4v) is 4.96. The van der Waals surface area contributed by atoms with Crippen LogP contribution in [0.2, 0.25) is 0 Å². The molecule has 0 saturated carbocycles. The van der Waals surface area contributed by atoms with E-state index in [9.17, 15) is 18.0 Å². The Morgan fingerprint density at radius 1 is 1.24 bits per heavy atom. The van der Waals surface area contributed by atoms with Gasteiger partial charge in [-0.2, -0.15) is 13.2 Å². The molecule has 5 heterocycles. The van der Waals surface area contributed by atoms with Gasteiger partial charge in [-0.05, 0) is 44.5 Å². The number of aryl methyl sites for hydroxylation is 2. The van der Waals surface area contributed by atoms with Gasteiger partial charge in [0.1, 0.15) is 16.9 Å². The topological polar surface area (TPSA) is 114 Å². The fourth-order valence-electron chi connectivity index (χ4n) is 4.96. The number of aliphatic carboxylic acids is 1. The van der Waals surface area contributed by atoms with Crippen molar-refractivity contribution in [3.05, 3.63) is 59.4 Å².